The molecule has 0 bridgehead atoms. The highest BCUT2D eigenvalue weighted by molar-refractivity contribution is 6.31. The smallest absolute Gasteiger partial charge is 0.327 e. The van der Waals surface area contributed by atoms with Gasteiger partial charge in [-0.1, -0.05) is 18.0 Å². The third-order valence-electron chi connectivity index (χ3n) is 3.72. The van der Waals surface area contributed by atoms with Gasteiger partial charge in [-0.25, -0.2) is 0 Å². The molecule has 1 aliphatic rings. The number of halogens is 4. The molecule has 1 saturated carbocycles. The number of hydrogen-bond donors (Lipinski definition) is 2. The summed E-state index contributed by atoms with van der Waals surface area (Å²) in [6.45, 7) is 0. The first-order valence-electron chi connectivity index (χ1n) is 6.69. The number of alkyl halides is 3. The van der Waals surface area contributed by atoms with Crippen molar-refractivity contribution in [2.24, 2.45) is 11.7 Å². The van der Waals surface area contributed by atoms with E-state index in [4.69, 9.17) is 17.3 Å². The Kier molecular flexibility index (Phi) is 4.78. The number of carbonyl (C=O) groups is 1. The van der Waals surface area contributed by atoms with Crippen molar-refractivity contribution < 1.29 is 18.0 Å². The summed E-state index contributed by atoms with van der Waals surface area (Å²) >= 11 is 5.52. The van der Waals surface area contributed by atoms with Crippen LogP contribution in [0.3, 0.4) is 0 Å². The zero-order valence-electron chi connectivity index (χ0n) is 11.2. The molecule has 7 heteroatoms. The number of rotatable bonds is 3. The van der Waals surface area contributed by atoms with Crippen LogP contribution < -0.4 is 11.1 Å². The first-order valence-corrected chi connectivity index (χ1v) is 7.07. The quantitative estimate of drug-likeness (QED) is 0.889. The Hall–Kier alpha value is -1.27. The molecule has 21 heavy (non-hydrogen) atoms. The Morgan fingerprint density at radius 2 is 2.10 bits per heavy atom. The molecule has 0 spiro atoms. The highest BCUT2D eigenvalue weighted by atomic mass is 35.5. The van der Waals surface area contributed by atoms with Crippen LogP contribution in [0.1, 0.15) is 31.2 Å². The number of carbonyl (C=O) groups excluding carboxylic acids is 1. The molecule has 3 N–H and O–H groups in total. The maximum Gasteiger partial charge on any atom is 0.417 e. The van der Waals surface area contributed by atoms with E-state index in [2.05, 4.69) is 5.32 Å². The van der Waals surface area contributed by atoms with Gasteiger partial charge in [0.25, 0.3) is 0 Å². The minimum atomic E-state index is -4.55. The van der Waals surface area contributed by atoms with Crippen LogP contribution in [0.15, 0.2) is 18.2 Å². The van der Waals surface area contributed by atoms with Crippen LogP contribution in [-0.4, -0.2) is 11.9 Å². The monoisotopic (exact) mass is 320 g/mol. The second-order valence-corrected chi connectivity index (χ2v) is 5.71. The van der Waals surface area contributed by atoms with Crippen LogP contribution in [0.25, 0.3) is 0 Å². The molecule has 2 atom stereocenters. The minimum Gasteiger partial charge on any atom is -0.327 e. The molecule has 0 aliphatic heterocycles. The van der Waals surface area contributed by atoms with Crippen molar-refractivity contribution in [3.63, 3.8) is 0 Å². The number of anilines is 1. The van der Waals surface area contributed by atoms with Crippen molar-refractivity contribution in [3.05, 3.63) is 28.8 Å². The van der Waals surface area contributed by atoms with Crippen LogP contribution in [0.2, 0.25) is 5.02 Å². The summed E-state index contributed by atoms with van der Waals surface area (Å²) in [6, 6.07) is 3.31. The van der Waals surface area contributed by atoms with Crippen molar-refractivity contribution in [1.82, 2.24) is 0 Å². The van der Waals surface area contributed by atoms with E-state index in [1.165, 1.54) is 6.07 Å². The zero-order chi connectivity index (χ0) is 15.6. The van der Waals surface area contributed by atoms with E-state index >= 15 is 0 Å². The Morgan fingerprint density at radius 3 is 2.67 bits per heavy atom. The molecule has 0 radical (unpaired) electrons. The molecule has 1 amide bonds. The lowest BCUT2D eigenvalue weighted by molar-refractivity contribution is -0.137. The molecule has 1 aliphatic carbocycles. The lowest BCUT2D eigenvalue weighted by Gasteiger charge is -2.15. The van der Waals surface area contributed by atoms with Gasteiger partial charge in [0.05, 0.1) is 10.6 Å². The van der Waals surface area contributed by atoms with Gasteiger partial charge in [-0.05, 0) is 37.0 Å². The van der Waals surface area contributed by atoms with Crippen molar-refractivity contribution in [2.45, 2.75) is 37.9 Å². The van der Waals surface area contributed by atoms with Crippen LogP contribution in [0.4, 0.5) is 18.9 Å². The Morgan fingerprint density at radius 1 is 1.38 bits per heavy atom. The third-order valence-corrected chi connectivity index (χ3v) is 4.05. The molecular formula is C14H16ClF3N2O. The summed E-state index contributed by atoms with van der Waals surface area (Å²) in [7, 11) is 0. The fourth-order valence-electron chi connectivity index (χ4n) is 2.59. The number of hydrogen-bond acceptors (Lipinski definition) is 2. The predicted molar refractivity (Wildman–Crippen MR) is 75.0 cm³/mol. The molecule has 0 saturated heterocycles. The van der Waals surface area contributed by atoms with Crippen molar-refractivity contribution in [1.29, 1.82) is 0 Å². The summed E-state index contributed by atoms with van der Waals surface area (Å²) in [5.74, 6) is -0.229. The first-order chi connectivity index (χ1) is 9.77. The zero-order valence-corrected chi connectivity index (χ0v) is 12.0. The van der Waals surface area contributed by atoms with Gasteiger partial charge in [0.2, 0.25) is 5.91 Å². The van der Waals surface area contributed by atoms with Gasteiger partial charge in [0.1, 0.15) is 0 Å². The average Bonchev–Trinajstić information content (AvgIpc) is 2.76. The molecule has 0 heterocycles. The molecule has 1 fully saturated rings. The van der Waals surface area contributed by atoms with Crippen LogP contribution in [0, 0.1) is 5.92 Å². The van der Waals surface area contributed by atoms with E-state index in [9.17, 15) is 18.0 Å². The SMILES string of the molecule is N[C@@H]1CCC[C@H]1CC(=O)Nc1ccc(Cl)c(C(F)(F)F)c1. The first kappa shape index (κ1) is 16.1. The van der Waals surface area contributed by atoms with Crippen LogP contribution in [0.5, 0.6) is 0 Å². The van der Waals surface area contributed by atoms with Gasteiger partial charge in [-0.15, -0.1) is 0 Å². The maximum absolute atomic E-state index is 12.7. The van der Waals surface area contributed by atoms with Crippen molar-refractivity contribution in [2.75, 3.05) is 5.32 Å². The Labute approximate surface area is 125 Å². The normalized spacial score (nSPS) is 22.3. The molecule has 1 aromatic rings. The summed E-state index contributed by atoms with van der Waals surface area (Å²) in [5, 5.41) is 2.09. The van der Waals surface area contributed by atoms with Gasteiger partial charge >= 0.3 is 6.18 Å². The van der Waals surface area contributed by atoms with Crippen molar-refractivity contribution >= 4 is 23.2 Å². The number of benzene rings is 1. The van der Waals surface area contributed by atoms with Gasteiger partial charge in [0, 0.05) is 18.2 Å². The van der Waals surface area contributed by atoms with Gasteiger partial charge in [0.15, 0.2) is 0 Å². The number of nitrogens with two attached hydrogens (primary N) is 1. The molecular weight excluding hydrogens is 305 g/mol. The van der Waals surface area contributed by atoms with Crippen LogP contribution in [-0.2, 0) is 11.0 Å². The lowest BCUT2D eigenvalue weighted by atomic mass is 10.00. The molecule has 3 nitrogen and oxygen atoms in total. The highest BCUT2D eigenvalue weighted by Gasteiger charge is 2.33. The fourth-order valence-corrected chi connectivity index (χ4v) is 2.81. The number of nitrogens with one attached hydrogen (secondary N) is 1. The second kappa shape index (κ2) is 6.23. The van der Waals surface area contributed by atoms with Gasteiger partial charge < -0.3 is 11.1 Å². The summed E-state index contributed by atoms with van der Waals surface area (Å²) in [4.78, 5) is 11.9. The Balaban J connectivity index is 2.04. The largest absolute Gasteiger partial charge is 0.417 e. The topological polar surface area (TPSA) is 55.1 Å². The second-order valence-electron chi connectivity index (χ2n) is 5.30. The molecule has 2 rings (SSSR count). The summed E-state index contributed by atoms with van der Waals surface area (Å²) < 4.78 is 38.2. The molecule has 116 valence electrons. The van der Waals surface area contributed by atoms with Crippen LogP contribution >= 0.6 is 11.6 Å². The van der Waals surface area contributed by atoms with E-state index in [0.717, 1.165) is 31.4 Å². The average molecular weight is 321 g/mol. The van der Waals surface area contributed by atoms with E-state index in [0.29, 0.717) is 0 Å². The fraction of sp³-hybridized carbons (Fsp3) is 0.500. The van der Waals surface area contributed by atoms with Crippen molar-refractivity contribution in [3.8, 4) is 0 Å². The van der Waals surface area contributed by atoms with Gasteiger partial charge in [-0.2, -0.15) is 13.2 Å². The minimum absolute atomic E-state index is 0.00768. The molecule has 0 aromatic heterocycles. The summed E-state index contributed by atoms with van der Waals surface area (Å²) in [6.07, 6.45) is -1.57. The van der Waals surface area contributed by atoms with E-state index in [1.54, 1.807) is 0 Å². The third kappa shape index (κ3) is 4.11. The number of amides is 1. The van der Waals surface area contributed by atoms with E-state index < -0.39 is 16.8 Å². The Bertz CT molecular complexity index is 533. The molecule has 0 unspecified atom stereocenters. The standard InChI is InChI=1S/C14H16ClF3N2O/c15-11-5-4-9(7-10(11)14(16,17)18)20-13(21)6-8-2-1-3-12(8)19/h4-5,7-8,12H,1-3,6,19H2,(H,20,21)/t8-,12+/m0/s1. The highest BCUT2D eigenvalue weighted by Crippen LogP contribution is 2.36. The lowest BCUT2D eigenvalue weighted by Crippen LogP contribution is -2.28. The van der Waals surface area contributed by atoms with E-state index in [1.807, 2.05) is 0 Å². The summed E-state index contributed by atoms with van der Waals surface area (Å²) in [5.41, 5.74) is 5.00. The van der Waals surface area contributed by atoms with E-state index in [-0.39, 0.29) is 30.0 Å². The van der Waals surface area contributed by atoms with Gasteiger partial charge in [-0.3, -0.25) is 4.79 Å². The predicted octanol–water partition coefficient (Wildman–Crippen LogP) is 3.81. The maximum atomic E-state index is 12.7. The molecule has 1 aromatic carbocycles.